The number of piperazine rings is 1. The Bertz CT molecular complexity index is 1270. The van der Waals surface area contributed by atoms with Gasteiger partial charge in [0.1, 0.15) is 17.2 Å². The lowest BCUT2D eigenvalue weighted by molar-refractivity contribution is -0.132. The van der Waals surface area contributed by atoms with Crippen molar-refractivity contribution in [1.82, 2.24) is 20.2 Å². The quantitative estimate of drug-likeness (QED) is 0.382. The SMILES string of the molecule is COCCN[C@H](CC(=O)N1CCN(c2nc(N)c3cc(OC)c(OC)c(F)c3n2)CC1)c1ccc(F)cc1. The van der Waals surface area contributed by atoms with Crippen LogP contribution in [0.15, 0.2) is 30.3 Å². The van der Waals surface area contributed by atoms with E-state index in [0.717, 1.165) is 5.56 Å². The van der Waals surface area contributed by atoms with Crippen LogP contribution in [0.5, 0.6) is 11.5 Å². The molecule has 1 aromatic heterocycles. The number of halogens is 2. The first kappa shape index (κ1) is 27.3. The van der Waals surface area contributed by atoms with E-state index in [-0.39, 0.29) is 53.0 Å². The Balaban J connectivity index is 1.45. The summed E-state index contributed by atoms with van der Waals surface area (Å²) in [5, 5.41) is 3.64. The zero-order valence-corrected chi connectivity index (χ0v) is 21.7. The number of hydrogen-bond acceptors (Lipinski definition) is 9. The van der Waals surface area contributed by atoms with Crippen LogP contribution >= 0.6 is 0 Å². The summed E-state index contributed by atoms with van der Waals surface area (Å²) in [4.78, 5) is 25.6. The molecule has 0 spiro atoms. The standard InChI is InChI=1S/C26H32F2N6O4/c1-36-13-8-30-19(16-4-6-17(27)7-5-16)15-21(35)33-9-11-34(12-10-33)26-31-23-18(25(29)32-26)14-20(37-2)24(38-3)22(23)28/h4-7,14,19,30H,8-13,15H2,1-3H3,(H2,29,31,32)/t19-/m1/s1. The van der Waals surface area contributed by atoms with Crippen LogP contribution < -0.4 is 25.4 Å². The van der Waals surface area contributed by atoms with Crippen LogP contribution in [0.2, 0.25) is 0 Å². The minimum atomic E-state index is -0.682. The Morgan fingerprint density at radius 2 is 1.79 bits per heavy atom. The minimum absolute atomic E-state index is 0.0351. The highest BCUT2D eigenvalue weighted by molar-refractivity contribution is 5.92. The molecule has 0 aliphatic carbocycles. The van der Waals surface area contributed by atoms with E-state index in [2.05, 4.69) is 15.3 Å². The zero-order valence-electron chi connectivity index (χ0n) is 21.7. The van der Waals surface area contributed by atoms with E-state index in [0.29, 0.717) is 44.7 Å². The second kappa shape index (κ2) is 12.2. The molecule has 1 aliphatic rings. The van der Waals surface area contributed by atoms with E-state index in [1.54, 1.807) is 30.2 Å². The number of carbonyl (C=O) groups is 1. The number of amides is 1. The van der Waals surface area contributed by atoms with Gasteiger partial charge in [-0.05, 0) is 23.8 Å². The molecule has 1 atom stereocenters. The molecule has 0 bridgehead atoms. The van der Waals surface area contributed by atoms with Crippen LogP contribution in [0.25, 0.3) is 10.9 Å². The average Bonchev–Trinajstić information content (AvgIpc) is 2.93. The fourth-order valence-corrected chi connectivity index (χ4v) is 4.48. The maximum absolute atomic E-state index is 15.1. The summed E-state index contributed by atoms with van der Waals surface area (Å²) >= 11 is 0. The highest BCUT2D eigenvalue weighted by Crippen LogP contribution is 2.37. The summed E-state index contributed by atoms with van der Waals surface area (Å²) in [5.41, 5.74) is 7.01. The highest BCUT2D eigenvalue weighted by atomic mass is 19.1. The van der Waals surface area contributed by atoms with E-state index in [4.69, 9.17) is 19.9 Å². The third-order valence-electron chi connectivity index (χ3n) is 6.56. The number of nitrogens with zero attached hydrogens (tertiary/aromatic N) is 4. The first-order valence-electron chi connectivity index (χ1n) is 12.2. The second-order valence-electron chi connectivity index (χ2n) is 8.85. The molecule has 1 fully saturated rings. The molecule has 10 nitrogen and oxygen atoms in total. The highest BCUT2D eigenvalue weighted by Gasteiger charge is 2.27. The minimum Gasteiger partial charge on any atom is -0.493 e. The number of carbonyl (C=O) groups excluding carboxylic acids is 1. The van der Waals surface area contributed by atoms with Gasteiger partial charge in [-0.2, -0.15) is 4.98 Å². The lowest BCUT2D eigenvalue weighted by Crippen LogP contribution is -2.50. The summed E-state index contributed by atoms with van der Waals surface area (Å²) < 4.78 is 44.0. The number of aromatic nitrogens is 2. The van der Waals surface area contributed by atoms with E-state index < -0.39 is 5.82 Å². The lowest BCUT2D eigenvalue weighted by Gasteiger charge is -2.35. The molecule has 204 valence electrons. The Morgan fingerprint density at radius 1 is 1.08 bits per heavy atom. The van der Waals surface area contributed by atoms with E-state index in [1.807, 2.05) is 4.90 Å². The summed E-state index contributed by atoms with van der Waals surface area (Å²) in [7, 11) is 4.36. The number of benzene rings is 2. The number of anilines is 2. The van der Waals surface area contributed by atoms with Gasteiger partial charge in [-0.1, -0.05) is 12.1 Å². The van der Waals surface area contributed by atoms with Gasteiger partial charge in [0.2, 0.25) is 11.9 Å². The van der Waals surface area contributed by atoms with Gasteiger partial charge < -0.3 is 35.1 Å². The number of methoxy groups -OCH3 is 3. The van der Waals surface area contributed by atoms with Gasteiger partial charge in [-0.25, -0.2) is 13.8 Å². The van der Waals surface area contributed by atoms with Crippen molar-refractivity contribution in [2.24, 2.45) is 0 Å². The van der Waals surface area contributed by atoms with Gasteiger partial charge in [0.15, 0.2) is 17.3 Å². The van der Waals surface area contributed by atoms with E-state index in [9.17, 15) is 9.18 Å². The van der Waals surface area contributed by atoms with Gasteiger partial charge in [-0.3, -0.25) is 4.79 Å². The molecule has 0 radical (unpaired) electrons. The Morgan fingerprint density at radius 3 is 2.42 bits per heavy atom. The van der Waals surface area contributed by atoms with Crippen LogP contribution in [0, 0.1) is 11.6 Å². The van der Waals surface area contributed by atoms with Crippen molar-refractivity contribution < 1.29 is 27.8 Å². The van der Waals surface area contributed by atoms with Crippen LogP contribution in [-0.4, -0.2) is 81.4 Å². The first-order chi connectivity index (χ1) is 18.4. The fraction of sp³-hybridized carbons (Fsp3) is 0.423. The molecular weight excluding hydrogens is 498 g/mol. The Labute approximate surface area is 219 Å². The normalized spacial score (nSPS) is 14.6. The number of nitrogen functional groups attached to an aromatic ring is 1. The van der Waals surface area contributed by atoms with E-state index >= 15 is 4.39 Å². The molecule has 2 aromatic carbocycles. The number of fused-ring (bicyclic) bond motifs is 1. The molecule has 1 aliphatic heterocycles. The van der Waals surface area contributed by atoms with Crippen LogP contribution in [0.4, 0.5) is 20.5 Å². The maximum Gasteiger partial charge on any atom is 0.228 e. The monoisotopic (exact) mass is 530 g/mol. The van der Waals surface area contributed by atoms with Gasteiger partial charge in [0.05, 0.1) is 20.8 Å². The zero-order chi connectivity index (χ0) is 27.2. The summed E-state index contributed by atoms with van der Waals surface area (Å²) in [6.45, 7) is 2.80. The van der Waals surface area contributed by atoms with Crippen molar-refractivity contribution in [3.63, 3.8) is 0 Å². The van der Waals surface area contributed by atoms with Gasteiger partial charge in [-0.15, -0.1) is 0 Å². The van der Waals surface area contributed by atoms with Gasteiger partial charge in [0, 0.05) is 57.7 Å². The Hall–Kier alpha value is -3.77. The summed E-state index contributed by atoms with van der Waals surface area (Å²) in [6, 6.07) is 7.38. The maximum atomic E-state index is 15.1. The number of nitrogens with two attached hydrogens (primary N) is 1. The number of ether oxygens (including phenoxy) is 3. The van der Waals surface area contributed by atoms with Crippen LogP contribution in [-0.2, 0) is 9.53 Å². The molecule has 1 saturated heterocycles. The van der Waals surface area contributed by atoms with E-state index in [1.165, 1.54) is 26.4 Å². The summed E-state index contributed by atoms with van der Waals surface area (Å²) in [5.74, 6) is -0.519. The molecule has 0 unspecified atom stereocenters. The number of rotatable bonds is 10. The van der Waals surface area contributed by atoms with Crippen molar-refractivity contribution in [2.45, 2.75) is 12.5 Å². The predicted molar refractivity (Wildman–Crippen MR) is 139 cm³/mol. The molecule has 3 aromatic rings. The van der Waals surface area contributed by atoms with Crippen molar-refractivity contribution in [1.29, 1.82) is 0 Å². The Kier molecular flexibility index (Phi) is 8.74. The lowest BCUT2D eigenvalue weighted by atomic mass is 10.0. The predicted octanol–water partition coefficient (Wildman–Crippen LogP) is 2.52. The second-order valence-corrected chi connectivity index (χ2v) is 8.85. The van der Waals surface area contributed by atoms with Crippen molar-refractivity contribution >= 4 is 28.6 Å². The number of hydrogen-bond donors (Lipinski definition) is 2. The molecule has 0 saturated carbocycles. The van der Waals surface area contributed by atoms with Crippen molar-refractivity contribution in [3.8, 4) is 11.5 Å². The smallest absolute Gasteiger partial charge is 0.228 e. The molecule has 38 heavy (non-hydrogen) atoms. The number of nitrogens with one attached hydrogen (secondary N) is 1. The van der Waals surface area contributed by atoms with Gasteiger partial charge in [0.25, 0.3) is 0 Å². The van der Waals surface area contributed by atoms with Crippen molar-refractivity contribution in [3.05, 3.63) is 47.5 Å². The van der Waals surface area contributed by atoms with Crippen LogP contribution in [0.3, 0.4) is 0 Å². The molecule has 3 N–H and O–H groups in total. The van der Waals surface area contributed by atoms with Gasteiger partial charge >= 0.3 is 0 Å². The van der Waals surface area contributed by atoms with Crippen LogP contribution in [0.1, 0.15) is 18.0 Å². The molecular formula is C26H32F2N6O4. The summed E-state index contributed by atoms with van der Waals surface area (Å²) in [6.07, 6.45) is 0.210. The largest absolute Gasteiger partial charge is 0.493 e. The van der Waals surface area contributed by atoms with Crippen molar-refractivity contribution in [2.75, 3.05) is 71.3 Å². The molecule has 1 amide bonds. The third-order valence-corrected chi connectivity index (χ3v) is 6.56. The third kappa shape index (κ3) is 5.86. The molecule has 4 rings (SSSR count). The molecule has 12 heteroatoms. The topological polar surface area (TPSA) is 115 Å². The molecule has 2 heterocycles. The first-order valence-corrected chi connectivity index (χ1v) is 12.2. The average molecular weight is 531 g/mol. The fourth-order valence-electron chi connectivity index (χ4n) is 4.48.